The summed E-state index contributed by atoms with van der Waals surface area (Å²) in [6.07, 6.45) is 3.20. The minimum Gasteiger partial charge on any atom is -0.347 e. The van der Waals surface area contributed by atoms with Crippen molar-refractivity contribution in [1.29, 1.82) is 0 Å². The Morgan fingerprint density at radius 3 is 2.71 bits per heavy atom. The number of carbonyl (C=O) groups is 2. The van der Waals surface area contributed by atoms with Crippen molar-refractivity contribution in [2.45, 2.75) is 25.4 Å². The Morgan fingerprint density at radius 2 is 1.93 bits per heavy atom. The molecule has 0 unspecified atom stereocenters. The summed E-state index contributed by atoms with van der Waals surface area (Å²) >= 11 is 12.0. The van der Waals surface area contributed by atoms with Crippen molar-refractivity contribution in [3.8, 4) is 0 Å². The van der Waals surface area contributed by atoms with Crippen molar-refractivity contribution in [3.63, 3.8) is 0 Å². The molecule has 2 amide bonds. The van der Waals surface area contributed by atoms with E-state index in [4.69, 9.17) is 23.2 Å². The fourth-order valence-electron chi connectivity index (χ4n) is 3.42. The van der Waals surface area contributed by atoms with E-state index >= 15 is 0 Å². The Labute approximate surface area is 171 Å². The Morgan fingerprint density at radius 1 is 1.14 bits per heavy atom. The Kier molecular flexibility index (Phi) is 5.19. The number of halogens is 2. The highest BCUT2D eigenvalue weighted by Crippen LogP contribution is 2.24. The number of aromatic nitrogens is 3. The van der Waals surface area contributed by atoms with Crippen molar-refractivity contribution >= 4 is 40.7 Å². The first kappa shape index (κ1) is 18.7. The molecule has 3 aromatic rings. The van der Waals surface area contributed by atoms with Gasteiger partial charge in [-0.05, 0) is 43.2 Å². The van der Waals surface area contributed by atoms with E-state index in [1.807, 2.05) is 28.8 Å². The quantitative estimate of drug-likeness (QED) is 0.707. The second-order valence-corrected chi connectivity index (χ2v) is 7.45. The van der Waals surface area contributed by atoms with Crippen LogP contribution in [0.4, 0.5) is 0 Å². The van der Waals surface area contributed by atoms with Gasteiger partial charge in [0.05, 0.1) is 6.54 Å². The topological polar surface area (TPSA) is 79.6 Å². The van der Waals surface area contributed by atoms with Gasteiger partial charge in [0, 0.05) is 28.4 Å². The standard InChI is InChI=1S/C19H17Cl2N5O2/c20-13-8-12(9-14(21)10-13)19(28)25-7-3-4-15(25)18(27)22-11-17-24-23-16-5-1-2-6-26(16)17/h1-2,5-6,8-10,15H,3-4,7,11H2,(H,22,27)/t15-/m0/s1. The Hall–Kier alpha value is -2.64. The highest BCUT2D eigenvalue weighted by Gasteiger charge is 2.34. The lowest BCUT2D eigenvalue weighted by Crippen LogP contribution is -2.45. The van der Waals surface area contributed by atoms with E-state index in [9.17, 15) is 9.59 Å². The molecular weight excluding hydrogens is 401 g/mol. The van der Waals surface area contributed by atoms with Gasteiger partial charge < -0.3 is 10.2 Å². The van der Waals surface area contributed by atoms with E-state index < -0.39 is 6.04 Å². The first-order valence-corrected chi connectivity index (χ1v) is 9.62. The molecule has 0 spiro atoms. The van der Waals surface area contributed by atoms with Gasteiger partial charge in [-0.2, -0.15) is 0 Å². The molecule has 1 aliphatic rings. The van der Waals surface area contributed by atoms with Crippen LogP contribution in [0.15, 0.2) is 42.6 Å². The van der Waals surface area contributed by atoms with E-state index in [0.29, 0.717) is 40.0 Å². The summed E-state index contributed by atoms with van der Waals surface area (Å²) in [7, 11) is 0. The molecule has 1 aromatic carbocycles. The number of nitrogens with one attached hydrogen (secondary N) is 1. The molecule has 7 nitrogen and oxygen atoms in total. The predicted molar refractivity (Wildman–Crippen MR) is 105 cm³/mol. The van der Waals surface area contributed by atoms with Gasteiger partial charge >= 0.3 is 0 Å². The minimum absolute atomic E-state index is 0.216. The number of likely N-dealkylation sites (tertiary alicyclic amines) is 1. The van der Waals surface area contributed by atoms with E-state index in [-0.39, 0.29) is 18.4 Å². The average Bonchev–Trinajstić information content (AvgIpc) is 3.32. The van der Waals surface area contributed by atoms with Crippen molar-refractivity contribution in [1.82, 2.24) is 24.8 Å². The summed E-state index contributed by atoms with van der Waals surface area (Å²) in [5.74, 6) is 0.156. The van der Waals surface area contributed by atoms with Gasteiger partial charge in [-0.25, -0.2) is 0 Å². The summed E-state index contributed by atoms with van der Waals surface area (Å²) in [4.78, 5) is 27.2. The Balaban J connectivity index is 1.46. The molecule has 0 radical (unpaired) electrons. The van der Waals surface area contributed by atoms with Crippen LogP contribution < -0.4 is 5.32 Å². The lowest BCUT2D eigenvalue weighted by atomic mass is 10.1. The molecule has 1 fully saturated rings. The first-order valence-electron chi connectivity index (χ1n) is 8.86. The van der Waals surface area contributed by atoms with E-state index in [1.165, 1.54) is 0 Å². The normalized spacial score (nSPS) is 16.5. The van der Waals surface area contributed by atoms with Gasteiger partial charge in [0.1, 0.15) is 6.04 Å². The van der Waals surface area contributed by atoms with Gasteiger partial charge in [0.25, 0.3) is 5.91 Å². The van der Waals surface area contributed by atoms with Crippen LogP contribution in [0, 0.1) is 0 Å². The minimum atomic E-state index is -0.538. The molecule has 9 heteroatoms. The molecular formula is C19H17Cl2N5O2. The number of amides is 2. The zero-order chi connectivity index (χ0) is 19.7. The summed E-state index contributed by atoms with van der Waals surface area (Å²) < 4.78 is 1.81. The van der Waals surface area contributed by atoms with Gasteiger partial charge in [-0.3, -0.25) is 14.0 Å². The van der Waals surface area contributed by atoms with Crippen LogP contribution >= 0.6 is 23.2 Å². The molecule has 2 aromatic heterocycles. The molecule has 1 aliphatic heterocycles. The zero-order valence-corrected chi connectivity index (χ0v) is 16.3. The molecule has 28 heavy (non-hydrogen) atoms. The van der Waals surface area contributed by atoms with Crippen molar-refractivity contribution in [3.05, 3.63) is 64.0 Å². The van der Waals surface area contributed by atoms with Crippen LogP contribution in [-0.2, 0) is 11.3 Å². The highest BCUT2D eigenvalue weighted by atomic mass is 35.5. The third kappa shape index (κ3) is 3.68. The number of benzene rings is 1. The number of rotatable bonds is 4. The first-order chi connectivity index (χ1) is 13.5. The van der Waals surface area contributed by atoms with Crippen LogP contribution in [0.1, 0.15) is 29.0 Å². The van der Waals surface area contributed by atoms with E-state index in [2.05, 4.69) is 15.5 Å². The number of fused-ring (bicyclic) bond motifs is 1. The molecule has 3 heterocycles. The molecule has 4 rings (SSSR count). The fourth-order valence-corrected chi connectivity index (χ4v) is 3.95. The molecule has 0 bridgehead atoms. The summed E-state index contributed by atoms with van der Waals surface area (Å²) in [5, 5.41) is 11.8. The third-order valence-corrected chi connectivity index (χ3v) is 5.17. The van der Waals surface area contributed by atoms with E-state index in [1.54, 1.807) is 23.1 Å². The van der Waals surface area contributed by atoms with Gasteiger partial charge in [-0.15, -0.1) is 10.2 Å². The molecule has 1 saturated heterocycles. The second-order valence-electron chi connectivity index (χ2n) is 6.58. The number of hydrogen-bond acceptors (Lipinski definition) is 4. The number of nitrogens with zero attached hydrogens (tertiary/aromatic N) is 4. The predicted octanol–water partition coefficient (Wildman–Crippen LogP) is 2.96. The largest absolute Gasteiger partial charge is 0.347 e. The van der Waals surface area contributed by atoms with Gasteiger partial charge in [0.2, 0.25) is 5.91 Å². The monoisotopic (exact) mass is 417 g/mol. The summed E-state index contributed by atoms with van der Waals surface area (Å²) in [5.41, 5.74) is 1.09. The lowest BCUT2D eigenvalue weighted by molar-refractivity contribution is -0.125. The lowest BCUT2D eigenvalue weighted by Gasteiger charge is -2.24. The third-order valence-electron chi connectivity index (χ3n) is 4.73. The molecule has 0 saturated carbocycles. The molecule has 1 atom stereocenters. The average molecular weight is 418 g/mol. The van der Waals surface area contributed by atoms with Crippen molar-refractivity contribution in [2.75, 3.05) is 6.54 Å². The fraction of sp³-hybridized carbons (Fsp3) is 0.263. The molecule has 1 N–H and O–H groups in total. The number of pyridine rings is 1. The van der Waals surface area contributed by atoms with Crippen LogP contribution in [0.3, 0.4) is 0 Å². The maximum Gasteiger partial charge on any atom is 0.254 e. The highest BCUT2D eigenvalue weighted by molar-refractivity contribution is 6.35. The summed E-state index contributed by atoms with van der Waals surface area (Å²) in [6, 6.07) is 9.73. The SMILES string of the molecule is O=C(NCc1nnc2ccccn12)[C@@H]1CCCN1C(=O)c1cc(Cl)cc(Cl)c1. The van der Waals surface area contributed by atoms with Crippen molar-refractivity contribution < 1.29 is 9.59 Å². The maximum absolute atomic E-state index is 12.9. The number of carbonyl (C=O) groups excluding carboxylic acids is 2. The maximum atomic E-state index is 12.9. The molecule has 0 aliphatic carbocycles. The van der Waals surface area contributed by atoms with Crippen LogP contribution in [0.25, 0.3) is 5.65 Å². The Bertz CT molecular complexity index is 1030. The van der Waals surface area contributed by atoms with Gasteiger partial charge in [0.15, 0.2) is 11.5 Å². The van der Waals surface area contributed by atoms with Crippen LogP contribution in [-0.4, -0.2) is 43.9 Å². The van der Waals surface area contributed by atoms with Crippen LogP contribution in [0.2, 0.25) is 10.0 Å². The second kappa shape index (κ2) is 7.77. The zero-order valence-electron chi connectivity index (χ0n) is 14.8. The molecule has 144 valence electrons. The number of hydrogen-bond donors (Lipinski definition) is 1. The van der Waals surface area contributed by atoms with Gasteiger partial charge in [-0.1, -0.05) is 29.3 Å². The smallest absolute Gasteiger partial charge is 0.254 e. The van der Waals surface area contributed by atoms with Crippen LogP contribution in [0.5, 0.6) is 0 Å². The van der Waals surface area contributed by atoms with Crippen molar-refractivity contribution in [2.24, 2.45) is 0 Å². The summed E-state index contributed by atoms with van der Waals surface area (Å²) in [6.45, 7) is 0.737. The van der Waals surface area contributed by atoms with E-state index in [0.717, 1.165) is 6.42 Å².